The molecule has 0 aliphatic heterocycles. The van der Waals surface area contributed by atoms with E-state index < -0.39 is 0 Å². The van der Waals surface area contributed by atoms with Crippen molar-refractivity contribution in [2.75, 3.05) is 0 Å². The Morgan fingerprint density at radius 1 is 1.00 bits per heavy atom. The Bertz CT molecular complexity index is 687. The predicted molar refractivity (Wildman–Crippen MR) is 64.2 cm³/mol. The molecular formula is C14H10N2. The van der Waals surface area contributed by atoms with E-state index in [2.05, 4.69) is 22.1 Å². The molecule has 0 atom stereocenters. The molecule has 0 N–H and O–H groups in total. The van der Waals surface area contributed by atoms with Crippen LogP contribution in [0.4, 0.5) is 0 Å². The molecule has 1 aromatic heterocycles. The highest BCUT2D eigenvalue weighted by Crippen LogP contribution is 2.21. The van der Waals surface area contributed by atoms with Crippen molar-refractivity contribution >= 4 is 21.8 Å². The van der Waals surface area contributed by atoms with Crippen LogP contribution in [-0.4, -0.2) is 9.97 Å². The molecule has 0 saturated heterocycles. The second-order valence-electron chi connectivity index (χ2n) is 3.89. The van der Waals surface area contributed by atoms with Gasteiger partial charge in [0.25, 0.3) is 0 Å². The minimum absolute atomic E-state index is 0.940. The Balaban J connectivity index is 2.55. The van der Waals surface area contributed by atoms with E-state index in [4.69, 9.17) is 0 Å². The quantitative estimate of drug-likeness (QED) is 0.565. The normalized spacial score (nSPS) is 10.6. The minimum Gasteiger partial charge on any atom is -0.250 e. The summed E-state index contributed by atoms with van der Waals surface area (Å²) >= 11 is 0. The molecule has 2 nitrogen and oxygen atoms in total. The van der Waals surface area contributed by atoms with Crippen molar-refractivity contribution in [1.82, 2.24) is 9.97 Å². The maximum atomic E-state index is 4.61. The zero-order valence-corrected chi connectivity index (χ0v) is 9.20. The van der Waals surface area contributed by atoms with Crippen LogP contribution < -0.4 is 0 Å². The molecule has 3 aromatic rings. The summed E-state index contributed by atoms with van der Waals surface area (Å²) in [5.41, 5.74) is 3.85. The lowest BCUT2D eigenvalue weighted by molar-refractivity contribution is 1.11. The van der Waals surface area contributed by atoms with Crippen molar-refractivity contribution in [3.8, 4) is 0 Å². The highest BCUT2D eigenvalue weighted by molar-refractivity contribution is 6.03. The molecule has 76 valence electrons. The summed E-state index contributed by atoms with van der Waals surface area (Å²) in [6.45, 7) is 3.97. The molecule has 0 fully saturated rings. The van der Waals surface area contributed by atoms with Crippen molar-refractivity contribution in [2.24, 2.45) is 0 Å². The van der Waals surface area contributed by atoms with Crippen molar-refractivity contribution in [3.63, 3.8) is 0 Å². The third-order valence-corrected chi connectivity index (χ3v) is 2.83. The van der Waals surface area contributed by atoms with Gasteiger partial charge in [-0.25, -0.2) is 9.97 Å². The molecule has 0 aliphatic rings. The molecule has 0 radical (unpaired) electrons. The average Bonchev–Trinajstić information content (AvgIpc) is 2.31. The summed E-state index contributed by atoms with van der Waals surface area (Å²) in [4.78, 5) is 9.15. The van der Waals surface area contributed by atoms with Gasteiger partial charge in [0, 0.05) is 10.8 Å². The van der Waals surface area contributed by atoms with E-state index in [1.54, 1.807) is 0 Å². The van der Waals surface area contributed by atoms with Gasteiger partial charge in [-0.3, -0.25) is 0 Å². The first-order valence-corrected chi connectivity index (χ1v) is 5.22. The maximum absolute atomic E-state index is 4.61. The van der Waals surface area contributed by atoms with Gasteiger partial charge in [0.15, 0.2) is 0 Å². The van der Waals surface area contributed by atoms with Gasteiger partial charge in [-0.05, 0) is 38.1 Å². The van der Waals surface area contributed by atoms with Crippen molar-refractivity contribution in [2.45, 2.75) is 13.8 Å². The van der Waals surface area contributed by atoms with E-state index in [0.717, 1.165) is 33.2 Å². The maximum Gasteiger partial charge on any atom is 0.0975 e. The second kappa shape index (κ2) is 3.18. The van der Waals surface area contributed by atoms with E-state index in [9.17, 15) is 0 Å². The fraction of sp³-hybridized carbons (Fsp3) is 0.143. The fourth-order valence-corrected chi connectivity index (χ4v) is 1.84. The molecule has 0 aliphatic carbocycles. The standard InChI is InChI=1S/C14H10N2/c1-9-10(2)16-14-12-6-4-3-5-11(12)7-8-13(14)15-9/h4,6-8H,1-2H3. The summed E-state index contributed by atoms with van der Waals surface area (Å²) in [7, 11) is 0. The topological polar surface area (TPSA) is 25.8 Å². The molecule has 3 rings (SSSR count). The molecule has 1 heterocycles. The van der Waals surface area contributed by atoms with Crippen molar-refractivity contribution in [3.05, 3.63) is 47.8 Å². The Morgan fingerprint density at radius 3 is 2.69 bits per heavy atom. The van der Waals surface area contributed by atoms with Gasteiger partial charge in [0.05, 0.1) is 22.4 Å². The predicted octanol–water partition coefficient (Wildman–Crippen LogP) is 3.00. The minimum atomic E-state index is 0.940. The molecule has 0 unspecified atom stereocenters. The number of rotatable bonds is 0. The smallest absolute Gasteiger partial charge is 0.0975 e. The molecule has 16 heavy (non-hydrogen) atoms. The number of aromatic nitrogens is 2. The van der Waals surface area contributed by atoms with Gasteiger partial charge in [0.1, 0.15) is 0 Å². The van der Waals surface area contributed by atoms with Crippen LogP contribution in [0.2, 0.25) is 0 Å². The van der Waals surface area contributed by atoms with Gasteiger partial charge in [-0.1, -0.05) is 12.1 Å². The van der Waals surface area contributed by atoms with Crippen molar-refractivity contribution < 1.29 is 0 Å². The van der Waals surface area contributed by atoms with Gasteiger partial charge < -0.3 is 0 Å². The largest absolute Gasteiger partial charge is 0.250 e. The van der Waals surface area contributed by atoms with Gasteiger partial charge in [-0.15, -0.1) is 0 Å². The number of aryl methyl sites for hydroxylation is 2. The van der Waals surface area contributed by atoms with Crippen LogP contribution in [0.5, 0.6) is 0 Å². The summed E-state index contributed by atoms with van der Waals surface area (Å²) in [6, 6.07) is 13.9. The monoisotopic (exact) mass is 206 g/mol. The first-order valence-electron chi connectivity index (χ1n) is 5.22. The number of hydrogen-bond acceptors (Lipinski definition) is 2. The van der Waals surface area contributed by atoms with E-state index in [-0.39, 0.29) is 0 Å². The molecule has 2 heteroatoms. The van der Waals surface area contributed by atoms with Crippen LogP contribution in [0.1, 0.15) is 11.4 Å². The first kappa shape index (κ1) is 9.11. The summed E-state index contributed by atoms with van der Waals surface area (Å²) < 4.78 is 0. The fourth-order valence-electron chi connectivity index (χ4n) is 1.84. The first-order chi connectivity index (χ1) is 7.75. The molecule has 0 bridgehead atoms. The number of benzene rings is 1. The number of fused-ring (bicyclic) bond motifs is 3. The summed E-state index contributed by atoms with van der Waals surface area (Å²) in [6.07, 6.45) is 0. The van der Waals surface area contributed by atoms with Crippen LogP contribution in [0, 0.1) is 26.0 Å². The van der Waals surface area contributed by atoms with E-state index in [1.165, 1.54) is 0 Å². The zero-order valence-electron chi connectivity index (χ0n) is 9.20. The third-order valence-electron chi connectivity index (χ3n) is 2.83. The Hall–Kier alpha value is -2.14. The number of nitrogens with zero attached hydrogens (tertiary/aromatic N) is 2. The number of hydrogen-bond donors (Lipinski definition) is 0. The lowest BCUT2D eigenvalue weighted by Crippen LogP contribution is -1.93. The van der Waals surface area contributed by atoms with Gasteiger partial charge in [0.2, 0.25) is 0 Å². The van der Waals surface area contributed by atoms with Crippen molar-refractivity contribution in [1.29, 1.82) is 0 Å². The van der Waals surface area contributed by atoms with Crippen LogP contribution >= 0.6 is 0 Å². The highest BCUT2D eigenvalue weighted by atomic mass is 14.8. The van der Waals surface area contributed by atoms with Gasteiger partial charge >= 0.3 is 0 Å². The Morgan fingerprint density at radius 2 is 1.81 bits per heavy atom. The lowest BCUT2D eigenvalue weighted by Gasteiger charge is -2.04. The van der Waals surface area contributed by atoms with E-state index >= 15 is 0 Å². The molecule has 2 aromatic carbocycles. The van der Waals surface area contributed by atoms with Crippen LogP contribution in [-0.2, 0) is 0 Å². The molecule has 0 amide bonds. The Kier molecular flexibility index (Phi) is 1.81. The molecule has 0 saturated carbocycles. The van der Waals surface area contributed by atoms with Crippen LogP contribution in [0.3, 0.4) is 0 Å². The molecular weight excluding hydrogens is 196 g/mol. The second-order valence-corrected chi connectivity index (χ2v) is 3.89. The molecule has 0 spiro atoms. The van der Waals surface area contributed by atoms with Crippen LogP contribution in [0.15, 0.2) is 24.3 Å². The average molecular weight is 206 g/mol. The Labute approximate surface area is 94.0 Å². The lowest BCUT2D eigenvalue weighted by atomic mass is 10.1. The summed E-state index contributed by atoms with van der Waals surface area (Å²) in [5.74, 6) is 0. The SMILES string of the molecule is Cc1nc2ccc3c#cccc3c2nc1C. The summed E-state index contributed by atoms with van der Waals surface area (Å²) in [5, 5.41) is 2.12. The zero-order chi connectivity index (χ0) is 11.1. The van der Waals surface area contributed by atoms with Gasteiger partial charge in [-0.2, -0.15) is 0 Å². The third kappa shape index (κ3) is 1.22. The van der Waals surface area contributed by atoms with Crippen LogP contribution in [0.25, 0.3) is 21.8 Å². The highest BCUT2D eigenvalue weighted by Gasteiger charge is 2.04. The van der Waals surface area contributed by atoms with E-state index in [0.29, 0.717) is 0 Å². The van der Waals surface area contributed by atoms with E-state index in [1.807, 2.05) is 38.1 Å².